The molecule has 0 aromatic carbocycles. The third-order valence-corrected chi connectivity index (χ3v) is 1.49. The number of rotatable bonds is 4. The predicted octanol–water partition coefficient (Wildman–Crippen LogP) is -0.0343. The molecule has 0 aromatic heterocycles. The van der Waals surface area contributed by atoms with Crippen LogP contribution in [0, 0.1) is 10.1 Å². The lowest BCUT2D eigenvalue weighted by Gasteiger charge is -2.17. The van der Waals surface area contributed by atoms with E-state index >= 15 is 0 Å². The van der Waals surface area contributed by atoms with E-state index in [1.807, 2.05) is 0 Å². The molecule has 6 heteroatoms. The fraction of sp³-hybridized carbons (Fsp3) is 0.857. The molecular weight excluding hydrogens is 178 g/mol. The van der Waals surface area contributed by atoms with Crippen LogP contribution in [-0.4, -0.2) is 34.2 Å². The summed E-state index contributed by atoms with van der Waals surface area (Å²) in [6, 6.07) is 0. The Morgan fingerprint density at radius 2 is 2.15 bits per heavy atom. The highest BCUT2D eigenvalue weighted by Gasteiger charge is 2.47. The van der Waals surface area contributed by atoms with Crippen molar-refractivity contribution >= 4 is 5.97 Å². The molecule has 0 saturated carbocycles. The molecule has 0 aliphatic rings. The van der Waals surface area contributed by atoms with E-state index in [-0.39, 0.29) is 0 Å². The Labute approximate surface area is 75.7 Å². The van der Waals surface area contributed by atoms with Crippen molar-refractivity contribution in [2.45, 2.75) is 32.4 Å². The molecule has 0 saturated heterocycles. The van der Waals surface area contributed by atoms with Crippen molar-refractivity contribution in [2.75, 3.05) is 6.61 Å². The van der Waals surface area contributed by atoms with Gasteiger partial charge >= 0.3 is 11.5 Å². The van der Waals surface area contributed by atoms with Gasteiger partial charge in [0.15, 0.2) is 0 Å². The Balaban J connectivity index is 4.58. The van der Waals surface area contributed by atoms with Crippen LogP contribution in [-0.2, 0) is 9.53 Å². The second-order valence-electron chi connectivity index (χ2n) is 3.14. The molecule has 0 aliphatic carbocycles. The highest BCUT2D eigenvalue weighted by Crippen LogP contribution is 2.11. The summed E-state index contributed by atoms with van der Waals surface area (Å²) in [5.74, 6) is -1.02. The fourth-order valence-corrected chi connectivity index (χ4v) is 0.538. The van der Waals surface area contributed by atoms with E-state index in [2.05, 4.69) is 4.74 Å². The lowest BCUT2D eigenvalue weighted by Crippen LogP contribution is -2.48. The highest BCUT2D eigenvalue weighted by atomic mass is 16.6. The van der Waals surface area contributed by atoms with E-state index in [1.54, 1.807) is 13.8 Å². The van der Waals surface area contributed by atoms with Crippen LogP contribution in [0.25, 0.3) is 0 Å². The molecule has 0 aromatic rings. The van der Waals surface area contributed by atoms with Crippen LogP contribution in [0.3, 0.4) is 0 Å². The van der Waals surface area contributed by atoms with E-state index in [0.717, 1.165) is 6.92 Å². The first-order chi connectivity index (χ1) is 5.84. The number of nitro groups is 1. The number of hydrogen-bond donors (Lipinski definition) is 1. The zero-order valence-corrected chi connectivity index (χ0v) is 7.81. The van der Waals surface area contributed by atoms with Gasteiger partial charge in [-0.2, -0.15) is 0 Å². The molecule has 13 heavy (non-hydrogen) atoms. The van der Waals surface area contributed by atoms with Crippen LogP contribution < -0.4 is 0 Å². The summed E-state index contributed by atoms with van der Waals surface area (Å²) < 4.78 is 4.63. The lowest BCUT2D eigenvalue weighted by atomic mass is 10.1. The second kappa shape index (κ2) is 4.18. The first-order valence-corrected chi connectivity index (χ1v) is 3.81. The average molecular weight is 191 g/mol. The van der Waals surface area contributed by atoms with Gasteiger partial charge < -0.3 is 9.84 Å². The molecule has 1 atom stereocenters. The minimum Gasteiger partial charge on any atom is -0.458 e. The minimum absolute atomic E-state index is 0.432. The average Bonchev–Trinajstić information content (AvgIpc) is 2.01. The number of ether oxygens (including phenoxy) is 1. The second-order valence-corrected chi connectivity index (χ2v) is 3.14. The number of carbonyl (C=O) groups is 1. The molecule has 0 rings (SSSR count). The first kappa shape index (κ1) is 11.8. The van der Waals surface area contributed by atoms with Crippen LogP contribution in [0.2, 0.25) is 0 Å². The molecule has 6 nitrogen and oxygen atoms in total. The lowest BCUT2D eigenvalue weighted by molar-refractivity contribution is -0.554. The van der Waals surface area contributed by atoms with Gasteiger partial charge in [0, 0.05) is 11.8 Å². The summed E-state index contributed by atoms with van der Waals surface area (Å²) in [5.41, 5.74) is -2.05. The van der Waals surface area contributed by atoms with Gasteiger partial charge in [0.2, 0.25) is 0 Å². The van der Waals surface area contributed by atoms with Gasteiger partial charge in [-0.3, -0.25) is 10.1 Å². The summed E-state index contributed by atoms with van der Waals surface area (Å²) >= 11 is 0. The maximum Gasteiger partial charge on any atom is 0.387 e. The monoisotopic (exact) mass is 191 g/mol. The fourth-order valence-electron chi connectivity index (χ4n) is 0.538. The molecule has 0 spiro atoms. The SMILES string of the molecule is CC(C)OC(=O)C(C)(CO)[N+](=O)[O-]. The molecule has 0 radical (unpaired) electrons. The number of esters is 1. The summed E-state index contributed by atoms with van der Waals surface area (Å²) in [5, 5.41) is 19.1. The molecule has 1 unspecified atom stereocenters. The van der Waals surface area contributed by atoms with Gasteiger partial charge in [0.05, 0.1) is 6.10 Å². The van der Waals surface area contributed by atoms with Crippen molar-refractivity contribution in [3.8, 4) is 0 Å². The van der Waals surface area contributed by atoms with Crippen molar-refractivity contribution in [1.29, 1.82) is 0 Å². The van der Waals surface area contributed by atoms with Crippen LogP contribution in [0.15, 0.2) is 0 Å². The number of nitrogens with zero attached hydrogens (tertiary/aromatic N) is 1. The standard InChI is InChI=1S/C7H13NO5/c1-5(2)13-6(10)7(3,4-9)8(11)12/h5,9H,4H2,1-3H3. The first-order valence-electron chi connectivity index (χ1n) is 3.81. The topological polar surface area (TPSA) is 89.7 Å². The Hall–Kier alpha value is -1.17. The van der Waals surface area contributed by atoms with Gasteiger partial charge in [-0.15, -0.1) is 0 Å². The summed E-state index contributed by atoms with van der Waals surface area (Å²) in [7, 11) is 0. The van der Waals surface area contributed by atoms with E-state index in [1.165, 1.54) is 0 Å². The molecule has 0 bridgehead atoms. The van der Waals surface area contributed by atoms with Crippen LogP contribution in [0.4, 0.5) is 0 Å². The van der Waals surface area contributed by atoms with Gasteiger partial charge in [0.25, 0.3) is 0 Å². The maximum atomic E-state index is 11.1. The normalized spacial score (nSPS) is 15.2. The number of hydrogen-bond acceptors (Lipinski definition) is 5. The number of aliphatic hydroxyl groups is 1. The van der Waals surface area contributed by atoms with Crippen molar-refractivity contribution < 1.29 is 19.6 Å². The molecular formula is C7H13NO5. The predicted molar refractivity (Wildman–Crippen MR) is 43.7 cm³/mol. The largest absolute Gasteiger partial charge is 0.458 e. The van der Waals surface area contributed by atoms with Gasteiger partial charge in [-0.05, 0) is 13.8 Å². The van der Waals surface area contributed by atoms with Gasteiger partial charge in [-0.25, -0.2) is 4.79 Å². The maximum absolute atomic E-state index is 11.1. The zero-order chi connectivity index (χ0) is 10.6. The Kier molecular flexibility index (Phi) is 3.80. The van der Waals surface area contributed by atoms with Crippen LogP contribution in [0.1, 0.15) is 20.8 Å². The molecule has 0 aliphatic heterocycles. The molecule has 0 amide bonds. The van der Waals surface area contributed by atoms with E-state index in [9.17, 15) is 14.9 Å². The van der Waals surface area contributed by atoms with Gasteiger partial charge in [0.1, 0.15) is 6.61 Å². The third-order valence-electron chi connectivity index (χ3n) is 1.49. The smallest absolute Gasteiger partial charge is 0.387 e. The van der Waals surface area contributed by atoms with Crippen molar-refractivity contribution in [3.63, 3.8) is 0 Å². The van der Waals surface area contributed by atoms with E-state index < -0.39 is 29.1 Å². The molecule has 0 heterocycles. The van der Waals surface area contributed by atoms with E-state index in [0.29, 0.717) is 0 Å². The minimum atomic E-state index is -2.05. The number of carbonyl (C=O) groups excluding carboxylic acids is 1. The summed E-state index contributed by atoms with van der Waals surface area (Å²) in [6.45, 7) is 3.31. The van der Waals surface area contributed by atoms with E-state index in [4.69, 9.17) is 5.11 Å². The quantitative estimate of drug-likeness (QED) is 0.382. The Bertz CT molecular complexity index is 215. The summed E-state index contributed by atoms with van der Waals surface area (Å²) in [4.78, 5) is 20.7. The highest BCUT2D eigenvalue weighted by molar-refractivity contribution is 5.79. The van der Waals surface area contributed by atoms with Crippen molar-refractivity contribution in [3.05, 3.63) is 10.1 Å². The number of aliphatic hydroxyl groups excluding tert-OH is 1. The Morgan fingerprint density at radius 3 is 2.38 bits per heavy atom. The van der Waals surface area contributed by atoms with Crippen LogP contribution >= 0.6 is 0 Å². The summed E-state index contributed by atoms with van der Waals surface area (Å²) in [6.07, 6.45) is -0.432. The van der Waals surface area contributed by atoms with Crippen molar-refractivity contribution in [2.24, 2.45) is 0 Å². The third kappa shape index (κ3) is 2.66. The van der Waals surface area contributed by atoms with Gasteiger partial charge in [-0.1, -0.05) is 0 Å². The molecule has 76 valence electrons. The molecule has 1 N–H and O–H groups in total. The zero-order valence-electron chi connectivity index (χ0n) is 7.81. The van der Waals surface area contributed by atoms with Crippen LogP contribution in [0.5, 0.6) is 0 Å². The van der Waals surface area contributed by atoms with Crippen molar-refractivity contribution in [1.82, 2.24) is 0 Å². The Morgan fingerprint density at radius 1 is 1.69 bits per heavy atom. The molecule has 0 fully saturated rings.